The Balaban J connectivity index is 2.06. The third-order valence-corrected chi connectivity index (χ3v) is 3.97. The zero-order chi connectivity index (χ0) is 11.6. The van der Waals surface area contributed by atoms with Crippen LogP contribution in [-0.2, 0) is 9.47 Å². The molecule has 2 heterocycles. The van der Waals surface area contributed by atoms with Gasteiger partial charge in [-0.05, 0) is 32.1 Å². The summed E-state index contributed by atoms with van der Waals surface area (Å²) in [6.07, 6.45) is 11.3. The van der Waals surface area contributed by atoms with Crippen molar-refractivity contribution in [3.63, 3.8) is 0 Å². The lowest BCUT2D eigenvalue weighted by atomic mass is 9.84. The standard InChI is InChI=1S/C14H22O2/c1-4-11(2)13-12(3)7-9-14(16-13)8-5-6-10-15-14/h1,11-13H,5-10H2,2-3H3/t11-,12+,13+,14-/m0/s1. The molecule has 0 saturated carbocycles. The van der Waals surface area contributed by atoms with E-state index in [0.717, 1.165) is 32.3 Å². The minimum absolute atomic E-state index is 0.164. The van der Waals surface area contributed by atoms with Gasteiger partial charge >= 0.3 is 0 Å². The molecule has 0 aliphatic carbocycles. The zero-order valence-corrected chi connectivity index (χ0v) is 10.4. The summed E-state index contributed by atoms with van der Waals surface area (Å²) < 4.78 is 12.1. The summed E-state index contributed by atoms with van der Waals surface area (Å²) in [4.78, 5) is 0. The zero-order valence-electron chi connectivity index (χ0n) is 10.4. The predicted octanol–water partition coefficient (Wildman–Crippen LogP) is 2.97. The Morgan fingerprint density at radius 3 is 2.81 bits per heavy atom. The van der Waals surface area contributed by atoms with Crippen molar-refractivity contribution in [2.24, 2.45) is 11.8 Å². The van der Waals surface area contributed by atoms with E-state index in [1.54, 1.807) is 0 Å². The molecule has 1 spiro atoms. The topological polar surface area (TPSA) is 18.5 Å². The van der Waals surface area contributed by atoms with Gasteiger partial charge in [0.15, 0.2) is 5.79 Å². The van der Waals surface area contributed by atoms with Gasteiger partial charge in [-0.15, -0.1) is 12.3 Å². The third-order valence-electron chi connectivity index (χ3n) is 3.97. The van der Waals surface area contributed by atoms with Crippen molar-refractivity contribution in [3.8, 4) is 12.3 Å². The Morgan fingerprint density at radius 1 is 1.38 bits per heavy atom. The van der Waals surface area contributed by atoms with Gasteiger partial charge in [0, 0.05) is 18.8 Å². The van der Waals surface area contributed by atoms with E-state index in [0.29, 0.717) is 5.92 Å². The fraction of sp³-hybridized carbons (Fsp3) is 0.857. The summed E-state index contributed by atoms with van der Waals surface area (Å²) in [5.41, 5.74) is 0. The molecule has 0 radical (unpaired) electrons. The minimum Gasteiger partial charge on any atom is -0.350 e. The number of hydrogen-bond acceptors (Lipinski definition) is 2. The van der Waals surface area contributed by atoms with E-state index in [9.17, 15) is 0 Å². The van der Waals surface area contributed by atoms with Crippen LogP contribution < -0.4 is 0 Å². The average molecular weight is 222 g/mol. The average Bonchev–Trinajstić information content (AvgIpc) is 2.33. The van der Waals surface area contributed by atoms with E-state index in [-0.39, 0.29) is 17.8 Å². The largest absolute Gasteiger partial charge is 0.350 e. The van der Waals surface area contributed by atoms with Crippen LogP contribution in [0.4, 0.5) is 0 Å². The maximum Gasteiger partial charge on any atom is 0.168 e. The van der Waals surface area contributed by atoms with E-state index < -0.39 is 0 Å². The molecule has 0 aromatic carbocycles. The Labute approximate surface area is 98.7 Å². The van der Waals surface area contributed by atoms with Crippen LogP contribution in [0.5, 0.6) is 0 Å². The minimum atomic E-state index is -0.305. The van der Waals surface area contributed by atoms with Gasteiger partial charge in [0.05, 0.1) is 12.7 Å². The number of hydrogen-bond donors (Lipinski definition) is 0. The summed E-state index contributed by atoms with van der Waals surface area (Å²) in [7, 11) is 0. The highest BCUT2D eigenvalue weighted by Crippen LogP contribution is 2.41. The number of ether oxygens (including phenoxy) is 2. The summed E-state index contributed by atoms with van der Waals surface area (Å²) >= 11 is 0. The van der Waals surface area contributed by atoms with E-state index >= 15 is 0 Å². The third kappa shape index (κ3) is 2.26. The van der Waals surface area contributed by atoms with Crippen LogP contribution in [0.15, 0.2) is 0 Å². The molecule has 2 saturated heterocycles. The van der Waals surface area contributed by atoms with E-state index in [1.807, 2.05) is 0 Å². The molecule has 0 bridgehead atoms. The van der Waals surface area contributed by atoms with Gasteiger partial charge in [-0.3, -0.25) is 0 Å². The highest BCUT2D eigenvalue weighted by atomic mass is 16.7. The van der Waals surface area contributed by atoms with Crippen molar-refractivity contribution in [3.05, 3.63) is 0 Å². The lowest BCUT2D eigenvalue weighted by Gasteiger charge is -2.46. The maximum atomic E-state index is 6.22. The quantitative estimate of drug-likeness (QED) is 0.635. The molecule has 90 valence electrons. The first-order valence-corrected chi connectivity index (χ1v) is 6.45. The van der Waals surface area contributed by atoms with Crippen molar-refractivity contribution in [1.29, 1.82) is 0 Å². The molecule has 0 aromatic heterocycles. The number of rotatable bonds is 1. The van der Waals surface area contributed by atoms with Crippen molar-refractivity contribution in [1.82, 2.24) is 0 Å². The molecule has 2 rings (SSSR count). The molecular formula is C14H22O2. The van der Waals surface area contributed by atoms with Crippen LogP contribution in [0.1, 0.15) is 46.0 Å². The van der Waals surface area contributed by atoms with Crippen LogP contribution in [0.2, 0.25) is 0 Å². The van der Waals surface area contributed by atoms with Gasteiger partial charge in [0.25, 0.3) is 0 Å². The molecule has 16 heavy (non-hydrogen) atoms. The molecule has 0 amide bonds. The first-order chi connectivity index (χ1) is 7.67. The van der Waals surface area contributed by atoms with Crippen molar-refractivity contribution >= 4 is 0 Å². The second-order valence-electron chi connectivity index (χ2n) is 5.27. The molecule has 2 nitrogen and oxygen atoms in total. The lowest BCUT2D eigenvalue weighted by molar-refractivity contribution is -0.308. The highest BCUT2D eigenvalue weighted by molar-refractivity contribution is 4.98. The molecule has 2 aliphatic heterocycles. The summed E-state index contributed by atoms with van der Waals surface area (Å²) in [5.74, 6) is 3.22. The lowest BCUT2D eigenvalue weighted by Crippen LogP contribution is -2.49. The van der Waals surface area contributed by atoms with Crippen molar-refractivity contribution in [2.75, 3.05) is 6.61 Å². The Morgan fingerprint density at radius 2 is 2.19 bits per heavy atom. The Hall–Kier alpha value is -0.520. The molecule has 0 N–H and O–H groups in total. The van der Waals surface area contributed by atoms with Gasteiger partial charge in [-0.2, -0.15) is 0 Å². The smallest absolute Gasteiger partial charge is 0.168 e. The van der Waals surface area contributed by atoms with Crippen LogP contribution >= 0.6 is 0 Å². The monoisotopic (exact) mass is 222 g/mol. The SMILES string of the molecule is C#C[C@H](C)[C@H]1O[C@@]2(CCCCO2)CC[C@H]1C. The summed E-state index contributed by atoms with van der Waals surface area (Å²) in [5, 5.41) is 0. The molecule has 2 fully saturated rings. The van der Waals surface area contributed by atoms with Gasteiger partial charge in [0.2, 0.25) is 0 Å². The second-order valence-corrected chi connectivity index (χ2v) is 5.27. The molecule has 4 atom stereocenters. The molecule has 0 aromatic rings. The van der Waals surface area contributed by atoms with Gasteiger partial charge in [-0.1, -0.05) is 6.92 Å². The molecule has 0 unspecified atom stereocenters. The van der Waals surface area contributed by atoms with Crippen molar-refractivity contribution < 1.29 is 9.47 Å². The van der Waals surface area contributed by atoms with Crippen molar-refractivity contribution in [2.45, 2.75) is 57.8 Å². The van der Waals surface area contributed by atoms with Crippen LogP contribution in [0.3, 0.4) is 0 Å². The molecular weight excluding hydrogens is 200 g/mol. The van der Waals surface area contributed by atoms with Crippen LogP contribution in [-0.4, -0.2) is 18.5 Å². The van der Waals surface area contributed by atoms with E-state index in [2.05, 4.69) is 19.8 Å². The second kappa shape index (κ2) is 4.77. The summed E-state index contributed by atoms with van der Waals surface area (Å²) in [6.45, 7) is 5.14. The van der Waals surface area contributed by atoms with Gasteiger partial charge in [-0.25, -0.2) is 0 Å². The van der Waals surface area contributed by atoms with E-state index in [4.69, 9.17) is 15.9 Å². The normalized spacial score (nSPS) is 41.6. The van der Waals surface area contributed by atoms with Crippen LogP contribution in [0.25, 0.3) is 0 Å². The first-order valence-electron chi connectivity index (χ1n) is 6.45. The molecule has 2 aliphatic rings. The van der Waals surface area contributed by atoms with Gasteiger partial charge < -0.3 is 9.47 Å². The Bertz CT molecular complexity index is 273. The predicted molar refractivity (Wildman–Crippen MR) is 63.8 cm³/mol. The highest BCUT2D eigenvalue weighted by Gasteiger charge is 2.43. The fourth-order valence-electron chi connectivity index (χ4n) is 2.84. The van der Waals surface area contributed by atoms with Gasteiger partial charge in [0.1, 0.15) is 0 Å². The fourth-order valence-corrected chi connectivity index (χ4v) is 2.84. The maximum absolute atomic E-state index is 6.22. The van der Waals surface area contributed by atoms with Crippen LogP contribution in [0, 0.1) is 24.2 Å². The Kier molecular flexibility index (Phi) is 3.56. The summed E-state index contributed by atoms with van der Waals surface area (Å²) in [6, 6.07) is 0. The molecule has 2 heteroatoms. The first kappa shape index (κ1) is 12.0. The number of terminal acetylenes is 1. The van der Waals surface area contributed by atoms with E-state index in [1.165, 1.54) is 6.42 Å².